The van der Waals surface area contributed by atoms with E-state index >= 15 is 0 Å². The summed E-state index contributed by atoms with van der Waals surface area (Å²) >= 11 is 0. The summed E-state index contributed by atoms with van der Waals surface area (Å²) < 4.78 is 10.7. The third-order valence-electron chi connectivity index (χ3n) is 5.94. The molecule has 1 unspecified atom stereocenters. The molecule has 1 N–H and O–H groups in total. The number of nitrogens with zero attached hydrogens (tertiary/aromatic N) is 1. The van der Waals surface area contributed by atoms with Gasteiger partial charge in [0.15, 0.2) is 17.3 Å². The van der Waals surface area contributed by atoms with Gasteiger partial charge in [-0.05, 0) is 38.2 Å². The van der Waals surface area contributed by atoms with Crippen molar-refractivity contribution in [2.45, 2.75) is 45.4 Å². The molecule has 2 amide bonds. The van der Waals surface area contributed by atoms with Crippen LogP contribution in [-0.2, 0) is 9.59 Å². The van der Waals surface area contributed by atoms with Gasteiger partial charge in [-0.25, -0.2) is 0 Å². The number of ether oxygens (including phenoxy) is 2. The number of hydrogen-bond donors (Lipinski definition) is 1. The minimum Gasteiger partial charge on any atom is -0.454 e. The standard InChI is InChI=1S/C21H26N2O5/c1-13(24)16-9-18-19(28-12-27-18)10-17(16)22-20(25)8-14-6-7-23(11-14)21(26)15-4-2-3-5-15/h9-10,14-15H,2-8,11-12H2,1H3,(H,22,25). The molecule has 0 radical (unpaired) electrons. The first kappa shape index (κ1) is 18.8. The molecule has 0 spiro atoms. The molecule has 1 atom stereocenters. The Balaban J connectivity index is 1.36. The van der Waals surface area contributed by atoms with E-state index in [9.17, 15) is 14.4 Å². The maximum atomic E-state index is 12.6. The Morgan fingerprint density at radius 1 is 1.11 bits per heavy atom. The Labute approximate surface area is 164 Å². The first-order valence-corrected chi connectivity index (χ1v) is 10.0. The average Bonchev–Trinajstić information content (AvgIpc) is 3.41. The summed E-state index contributed by atoms with van der Waals surface area (Å²) in [7, 11) is 0. The van der Waals surface area contributed by atoms with Gasteiger partial charge in [0.25, 0.3) is 0 Å². The number of nitrogens with one attached hydrogen (secondary N) is 1. The molecule has 2 fully saturated rings. The highest BCUT2D eigenvalue weighted by atomic mass is 16.7. The fraction of sp³-hybridized carbons (Fsp3) is 0.571. The summed E-state index contributed by atoms with van der Waals surface area (Å²) in [4.78, 5) is 39.0. The molecule has 150 valence electrons. The molecule has 1 saturated carbocycles. The molecule has 2 aliphatic heterocycles. The SMILES string of the molecule is CC(=O)c1cc2c(cc1NC(=O)CC1CCN(C(=O)C3CCCC3)C1)OCO2. The topological polar surface area (TPSA) is 84.9 Å². The number of Topliss-reactive ketones (excluding diaryl/α,β-unsaturated/α-hetero) is 1. The smallest absolute Gasteiger partial charge is 0.231 e. The zero-order valence-corrected chi connectivity index (χ0v) is 16.2. The largest absolute Gasteiger partial charge is 0.454 e. The Morgan fingerprint density at radius 2 is 1.82 bits per heavy atom. The fourth-order valence-electron chi connectivity index (χ4n) is 4.43. The molecule has 7 heteroatoms. The third-order valence-corrected chi connectivity index (χ3v) is 5.94. The number of likely N-dealkylation sites (tertiary alicyclic amines) is 1. The van der Waals surface area contributed by atoms with E-state index in [1.165, 1.54) is 6.92 Å². The highest BCUT2D eigenvalue weighted by molar-refractivity contribution is 6.04. The molecule has 4 rings (SSSR count). The van der Waals surface area contributed by atoms with Gasteiger partial charge in [0.2, 0.25) is 18.6 Å². The first-order valence-electron chi connectivity index (χ1n) is 10.0. The van der Waals surface area contributed by atoms with Crippen molar-refractivity contribution in [2.75, 3.05) is 25.2 Å². The van der Waals surface area contributed by atoms with Crippen molar-refractivity contribution in [3.8, 4) is 11.5 Å². The van der Waals surface area contributed by atoms with Gasteiger partial charge in [0.05, 0.1) is 5.69 Å². The normalized spacial score (nSPS) is 21.2. The quantitative estimate of drug-likeness (QED) is 0.787. The second kappa shape index (κ2) is 7.81. The van der Waals surface area contributed by atoms with Crippen LogP contribution in [0.4, 0.5) is 5.69 Å². The average molecular weight is 386 g/mol. The lowest BCUT2D eigenvalue weighted by Crippen LogP contribution is -2.33. The number of carbonyl (C=O) groups excluding carboxylic acids is 3. The van der Waals surface area contributed by atoms with Crippen molar-refractivity contribution < 1.29 is 23.9 Å². The molecule has 0 aromatic heterocycles. The van der Waals surface area contributed by atoms with Gasteiger partial charge in [-0.3, -0.25) is 14.4 Å². The maximum absolute atomic E-state index is 12.6. The second-order valence-corrected chi connectivity index (χ2v) is 7.98. The summed E-state index contributed by atoms with van der Waals surface area (Å²) in [6, 6.07) is 3.25. The number of fused-ring (bicyclic) bond motifs is 1. The fourth-order valence-corrected chi connectivity index (χ4v) is 4.43. The van der Waals surface area contributed by atoms with Gasteiger partial charge in [0, 0.05) is 37.1 Å². The number of rotatable bonds is 5. The molecule has 7 nitrogen and oxygen atoms in total. The lowest BCUT2D eigenvalue weighted by Gasteiger charge is -2.20. The van der Waals surface area contributed by atoms with Crippen molar-refractivity contribution in [1.29, 1.82) is 0 Å². The van der Waals surface area contributed by atoms with Gasteiger partial charge in [-0.1, -0.05) is 12.8 Å². The highest BCUT2D eigenvalue weighted by Gasteiger charge is 2.33. The Kier molecular flexibility index (Phi) is 5.24. The number of ketones is 1. The molecule has 1 aromatic carbocycles. The van der Waals surface area contributed by atoms with E-state index in [1.807, 2.05) is 4.90 Å². The maximum Gasteiger partial charge on any atom is 0.231 e. The molecule has 1 aliphatic carbocycles. The van der Waals surface area contributed by atoms with Crippen LogP contribution in [0.3, 0.4) is 0 Å². The van der Waals surface area contributed by atoms with Crippen LogP contribution >= 0.6 is 0 Å². The number of carbonyl (C=O) groups is 3. The van der Waals surface area contributed by atoms with Crippen molar-refractivity contribution in [3.63, 3.8) is 0 Å². The Hall–Kier alpha value is -2.57. The van der Waals surface area contributed by atoms with E-state index in [-0.39, 0.29) is 36.2 Å². The highest BCUT2D eigenvalue weighted by Crippen LogP contribution is 2.37. The van der Waals surface area contributed by atoms with Crippen LogP contribution in [0.2, 0.25) is 0 Å². The van der Waals surface area contributed by atoms with Crippen LogP contribution in [0.5, 0.6) is 11.5 Å². The van der Waals surface area contributed by atoms with E-state index < -0.39 is 0 Å². The Bertz CT molecular complexity index is 800. The predicted molar refractivity (Wildman–Crippen MR) is 102 cm³/mol. The van der Waals surface area contributed by atoms with Crippen molar-refractivity contribution in [1.82, 2.24) is 4.90 Å². The molecule has 1 aromatic rings. The minimum atomic E-state index is -0.151. The lowest BCUT2D eigenvalue weighted by molar-refractivity contribution is -0.134. The third kappa shape index (κ3) is 3.84. The van der Waals surface area contributed by atoms with Gasteiger partial charge >= 0.3 is 0 Å². The number of amides is 2. The minimum absolute atomic E-state index is 0.108. The second-order valence-electron chi connectivity index (χ2n) is 7.98. The van der Waals surface area contributed by atoms with Crippen molar-refractivity contribution in [3.05, 3.63) is 17.7 Å². The molecule has 1 saturated heterocycles. The number of benzene rings is 1. The molecule has 0 bridgehead atoms. The van der Waals surface area contributed by atoms with Crippen molar-refractivity contribution >= 4 is 23.3 Å². The predicted octanol–water partition coefficient (Wildman–Crippen LogP) is 2.99. The van der Waals surface area contributed by atoms with E-state index in [0.717, 1.165) is 38.6 Å². The van der Waals surface area contributed by atoms with E-state index in [1.54, 1.807) is 12.1 Å². The molecule has 2 heterocycles. The summed E-state index contributed by atoms with van der Waals surface area (Å²) in [5, 5.41) is 2.85. The van der Waals surface area contributed by atoms with Crippen LogP contribution in [0.15, 0.2) is 12.1 Å². The number of anilines is 1. The summed E-state index contributed by atoms with van der Waals surface area (Å²) in [6.07, 6.45) is 5.46. The first-order chi connectivity index (χ1) is 13.5. The van der Waals surface area contributed by atoms with Crippen molar-refractivity contribution in [2.24, 2.45) is 11.8 Å². The zero-order chi connectivity index (χ0) is 19.7. The van der Waals surface area contributed by atoms with Gasteiger partial charge < -0.3 is 19.7 Å². The van der Waals surface area contributed by atoms with Crippen LogP contribution in [0.1, 0.15) is 55.8 Å². The Morgan fingerprint density at radius 3 is 2.54 bits per heavy atom. The molecular weight excluding hydrogens is 360 g/mol. The summed E-state index contributed by atoms with van der Waals surface area (Å²) in [6.45, 7) is 2.94. The van der Waals surface area contributed by atoms with E-state index in [0.29, 0.717) is 35.7 Å². The van der Waals surface area contributed by atoms with E-state index in [4.69, 9.17) is 9.47 Å². The van der Waals surface area contributed by atoms with Crippen LogP contribution in [0, 0.1) is 11.8 Å². The van der Waals surface area contributed by atoms with Gasteiger partial charge in [0.1, 0.15) is 0 Å². The van der Waals surface area contributed by atoms with Crippen LogP contribution in [0.25, 0.3) is 0 Å². The molecule has 28 heavy (non-hydrogen) atoms. The summed E-state index contributed by atoms with van der Waals surface area (Å²) in [5.41, 5.74) is 0.848. The van der Waals surface area contributed by atoms with E-state index in [2.05, 4.69) is 5.32 Å². The van der Waals surface area contributed by atoms with Crippen LogP contribution < -0.4 is 14.8 Å². The molecule has 3 aliphatic rings. The van der Waals surface area contributed by atoms with Gasteiger partial charge in [-0.2, -0.15) is 0 Å². The lowest BCUT2D eigenvalue weighted by atomic mass is 10.0. The summed E-state index contributed by atoms with van der Waals surface area (Å²) in [5.74, 6) is 1.33. The zero-order valence-electron chi connectivity index (χ0n) is 16.2. The monoisotopic (exact) mass is 386 g/mol. The van der Waals surface area contributed by atoms with Crippen LogP contribution in [-0.4, -0.2) is 42.4 Å². The number of hydrogen-bond acceptors (Lipinski definition) is 5. The van der Waals surface area contributed by atoms with Gasteiger partial charge in [-0.15, -0.1) is 0 Å². The molecular formula is C21H26N2O5.